The number of hydrogen-bond acceptors (Lipinski definition) is 2. The zero-order valence-corrected chi connectivity index (χ0v) is 14.3. The summed E-state index contributed by atoms with van der Waals surface area (Å²) in [6.07, 6.45) is 2.93. The Hall–Kier alpha value is -1.89. The molecular formula is C17H15FINO2. The van der Waals surface area contributed by atoms with E-state index in [-0.39, 0.29) is 11.7 Å². The number of benzene rings is 2. The number of rotatable bonds is 4. The monoisotopic (exact) mass is 411 g/mol. The smallest absolute Gasteiger partial charge is 0.248 e. The molecule has 0 aromatic heterocycles. The number of aryl methyl sites for hydroxylation is 1. The Morgan fingerprint density at radius 2 is 2.05 bits per heavy atom. The molecule has 0 spiro atoms. The van der Waals surface area contributed by atoms with Gasteiger partial charge in [-0.25, -0.2) is 4.39 Å². The first-order valence-electron chi connectivity index (χ1n) is 6.58. The molecule has 5 heteroatoms. The molecule has 0 unspecified atom stereocenters. The van der Waals surface area contributed by atoms with Crippen molar-refractivity contribution in [2.75, 3.05) is 12.4 Å². The number of hydrogen-bond donors (Lipinski definition) is 1. The predicted molar refractivity (Wildman–Crippen MR) is 94.5 cm³/mol. The second-order valence-corrected chi connectivity index (χ2v) is 5.92. The van der Waals surface area contributed by atoms with Crippen LogP contribution >= 0.6 is 22.6 Å². The SMILES string of the molecule is COc1ccc(/C=C/C(=O)Nc2ccc(I)cc2C)cc1F. The van der Waals surface area contributed by atoms with Crippen LogP contribution in [-0.4, -0.2) is 13.0 Å². The maximum absolute atomic E-state index is 13.6. The zero-order valence-electron chi connectivity index (χ0n) is 12.2. The number of amides is 1. The van der Waals surface area contributed by atoms with E-state index < -0.39 is 5.82 Å². The molecule has 2 rings (SSSR count). The molecular weight excluding hydrogens is 396 g/mol. The third-order valence-electron chi connectivity index (χ3n) is 3.05. The number of halogens is 2. The van der Waals surface area contributed by atoms with Crippen LogP contribution in [0.1, 0.15) is 11.1 Å². The van der Waals surface area contributed by atoms with Crippen molar-refractivity contribution in [3.63, 3.8) is 0 Å². The van der Waals surface area contributed by atoms with Crippen LogP contribution in [0.25, 0.3) is 6.08 Å². The first kappa shape index (κ1) is 16.5. The molecule has 0 saturated heterocycles. The van der Waals surface area contributed by atoms with E-state index in [0.29, 0.717) is 5.56 Å². The summed E-state index contributed by atoms with van der Waals surface area (Å²) < 4.78 is 19.5. The van der Waals surface area contributed by atoms with Gasteiger partial charge in [-0.2, -0.15) is 0 Å². The Labute approximate surface area is 142 Å². The summed E-state index contributed by atoms with van der Waals surface area (Å²) in [5.41, 5.74) is 2.34. The highest BCUT2D eigenvalue weighted by Crippen LogP contribution is 2.19. The Morgan fingerprint density at radius 3 is 2.68 bits per heavy atom. The van der Waals surface area contributed by atoms with Crippen LogP contribution < -0.4 is 10.1 Å². The second-order valence-electron chi connectivity index (χ2n) is 4.68. The molecule has 0 atom stereocenters. The van der Waals surface area contributed by atoms with E-state index in [4.69, 9.17) is 4.74 Å². The van der Waals surface area contributed by atoms with Crippen LogP contribution in [0.2, 0.25) is 0 Å². The van der Waals surface area contributed by atoms with Gasteiger partial charge in [0.2, 0.25) is 5.91 Å². The quantitative estimate of drug-likeness (QED) is 0.599. The first-order chi connectivity index (χ1) is 10.5. The van der Waals surface area contributed by atoms with Gasteiger partial charge in [0.15, 0.2) is 11.6 Å². The molecule has 1 N–H and O–H groups in total. The minimum absolute atomic E-state index is 0.177. The molecule has 0 aliphatic rings. The molecule has 0 fully saturated rings. The average molecular weight is 411 g/mol. The fourth-order valence-electron chi connectivity index (χ4n) is 1.90. The maximum Gasteiger partial charge on any atom is 0.248 e. The highest BCUT2D eigenvalue weighted by Gasteiger charge is 2.04. The largest absolute Gasteiger partial charge is 0.494 e. The minimum atomic E-state index is -0.460. The molecule has 3 nitrogen and oxygen atoms in total. The van der Waals surface area contributed by atoms with Gasteiger partial charge in [-0.3, -0.25) is 4.79 Å². The molecule has 0 saturated carbocycles. The van der Waals surface area contributed by atoms with Crippen molar-refractivity contribution in [3.05, 3.63) is 63.0 Å². The van der Waals surface area contributed by atoms with Gasteiger partial charge in [-0.1, -0.05) is 6.07 Å². The highest BCUT2D eigenvalue weighted by molar-refractivity contribution is 14.1. The molecule has 22 heavy (non-hydrogen) atoms. The van der Waals surface area contributed by atoms with E-state index in [1.165, 1.54) is 25.3 Å². The molecule has 2 aromatic carbocycles. The Morgan fingerprint density at radius 1 is 1.27 bits per heavy atom. The van der Waals surface area contributed by atoms with Crippen LogP contribution in [0.4, 0.5) is 10.1 Å². The van der Waals surface area contributed by atoms with Crippen LogP contribution in [0.15, 0.2) is 42.5 Å². The number of nitrogens with one attached hydrogen (secondary N) is 1. The molecule has 0 radical (unpaired) electrons. The van der Waals surface area contributed by atoms with Gasteiger partial charge < -0.3 is 10.1 Å². The number of carbonyl (C=O) groups excluding carboxylic acids is 1. The number of methoxy groups -OCH3 is 1. The van der Waals surface area contributed by atoms with Gasteiger partial charge in [-0.05, 0) is 77.0 Å². The Kier molecular flexibility index (Phi) is 5.54. The standard InChI is InChI=1S/C17H15FINO2/c1-11-9-13(19)5-6-15(11)20-17(21)8-4-12-3-7-16(22-2)14(18)10-12/h3-10H,1-2H3,(H,20,21)/b8-4+. The van der Waals surface area contributed by atoms with E-state index >= 15 is 0 Å². The molecule has 0 aliphatic carbocycles. The summed E-state index contributed by atoms with van der Waals surface area (Å²) >= 11 is 2.22. The van der Waals surface area contributed by atoms with Crippen molar-refractivity contribution in [1.82, 2.24) is 0 Å². The van der Waals surface area contributed by atoms with Crippen molar-refractivity contribution in [1.29, 1.82) is 0 Å². The van der Waals surface area contributed by atoms with E-state index in [2.05, 4.69) is 27.9 Å². The lowest BCUT2D eigenvalue weighted by Crippen LogP contribution is -2.08. The summed E-state index contributed by atoms with van der Waals surface area (Å²) in [5, 5.41) is 2.80. The van der Waals surface area contributed by atoms with Gasteiger partial charge in [0.1, 0.15) is 0 Å². The third-order valence-corrected chi connectivity index (χ3v) is 3.72. The number of ether oxygens (including phenoxy) is 1. The lowest BCUT2D eigenvalue weighted by atomic mass is 10.2. The summed E-state index contributed by atoms with van der Waals surface area (Å²) in [5.74, 6) is -0.546. The van der Waals surface area contributed by atoms with Gasteiger partial charge in [0.05, 0.1) is 7.11 Å². The second kappa shape index (κ2) is 7.40. The van der Waals surface area contributed by atoms with E-state index in [1.807, 2.05) is 25.1 Å². The summed E-state index contributed by atoms with van der Waals surface area (Å²) in [7, 11) is 1.41. The summed E-state index contributed by atoms with van der Waals surface area (Å²) in [4.78, 5) is 11.9. The van der Waals surface area contributed by atoms with Gasteiger partial charge >= 0.3 is 0 Å². The normalized spacial score (nSPS) is 10.7. The summed E-state index contributed by atoms with van der Waals surface area (Å²) in [6, 6.07) is 10.3. The van der Waals surface area contributed by atoms with Gasteiger partial charge in [0, 0.05) is 15.3 Å². The molecule has 1 amide bonds. The minimum Gasteiger partial charge on any atom is -0.494 e. The van der Waals surface area contributed by atoms with Crippen molar-refractivity contribution in [2.24, 2.45) is 0 Å². The van der Waals surface area contributed by atoms with Crippen LogP contribution in [-0.2, 0) is 4.79 Å². The predicted octanol–water partition coefficient (Wildman–Crippen LogP) is 4.40. The average Bonchev–Trinajstić information content (AvgIpc) is 2.48. The Bertz CT molecular complexity index is 729. The van der Waals surface area contributed by atoms with Crippen molar-refractivity contribution < 1.29 is 13.9 Å². The zero-order chi connectivity index (χ0) is 16.1. The fraction of sp³-hybridized carbons (Fsp3) is 0.118. The molecule has 0 heterocycles. The van der Waals surface area contributed by atoms with Crippen molar-refractivity contribution in [2.45, 2.75) is 6.92 Å². The lowest BCUT2D eigenvalue weighted by Gasteiger charge is -2.06. The number of anilines is 1. The molecule has 0 aliphatic heterocycles. The number of carbonyl (C=O) groups is 1. The topological polar surface area (TPSA) is 38.3 Å². The molecule has 2 aromatic rings. The van der Waals surface area contributed by atoms with Crippen LogP contribution in [0.3, 0.4) is 0 Å². The van der Waals surface area contributed by atoms with Gasteiger partial charge in [-0.15, -0.1) is 0 Å². The molecule has 0 bridgehead atoms. The lowest BCUT2D eigenvalue weighted by molar-refractivity contribution is -0.111. The molecule has 114 valence electrons. The highest BCUT2D eigenvalue weighted by atomic mass is 127. The maximum atomic E-state index is 13.6. The van der Waals surface area contributed by atoms with Crippen molar-refractivity contribution >= 4 is 40.3 Å². The van der Waals surface area contributed by atoms with E-state index in [1.54, 1.807) is 12.1 Å². The van der Waals surface area contributed by atoms with E-state index in [0.717, 1.165) is 14.8 Å². The van der Waals surface area contributed by atoms with Crippen LogP contribution in [0.5, 0.6) is 5.75 Å². The Balaban J connectivity index is 2.06. The third kappa shape index (κ3) is 4.30. The van der Waals surface area contributed by atoms with Crippen LogP contribution in [0, 0.1) is 16.3 Å². The van der Waals surface area contributed by atoms with E-state index in [9.17, 15) is 9.18 Å². The first-order valence-corrected chi connectivity index (χ1v) is 7.66. The summed E-state index contributed by atoms with van der Waals surface area (Å²) in [6.45, 7) is 1.93. The van der Waals surface area contributed by atoms with Gasteiger partial charge in [0.25, 0.3) is 0 Å². The van der Waals surface area contributed by atoms with Crippen molar-refractivity contribution in [3.8, 4) is 5.75 Å². The fourth-order valence-corrected chi connectivity index (χ4v) is 2.55.